The zero-order valence-electron chi connectivity index (χ0n) is 12.2. The van der Waals surface area contributed by atoms with Gasteiger partial charge in [0.2, 0.25) is 0 Å². The van der Waals surface area contributed by atoms with Crippen LogP contribution in [0.15, 0.2) is 18.2 Å². The lowest BCUT2D eigenvalue weighted by atomic mass is 10.1. The Hall–Kier alpha value is -1.06. The SMILES string of the molecule is CNCc1cc(C)ccc1N(CCO)C1CCCC1. The van der Waals surface area contributed by atoms with E-state index in [9.17, 15) is 5.11 Å². The summed E-state index contributed by atoms with van der Waals surface area (Å²) in [5.41, 5.74) is 3.92. The summed E-state index contributed by atoms with van der Waals surface area (Å²) in [6.07, 6.45) is 5.15. The lowest BCUT2D eigenvalue weighted by molar-refractivity contribution is 0.297. The Kier molecular flexibility index (Phi) is 5.23. The number of hydrogen-bond donors (Lipinski definition) is 2. The predicted octanol–water partition coefficient (Wildman–Crippen LogP) is 2.46. The molecular weight excluding hydrogens is 236 g/mol. The molecule has 0 amide bonds. The van der Waals surface area contributed by atoms with Crippen LogP contribution in [0.25, 0.3) is 0 Å². The molecule has 3 nitrogen and oxygen atoms in total. The van der Waals surface area contributed by atoms with Crippen LogP contribution in [0.3, 0.4) is 0 Å². The number of benzene rings is 1. The summed E-state index contributed by atoms with van der Waals surface area (Å²) >= 11 is 0. The molecule has 0 unspecified atom stereocenters. The Morgan fingerprint density at radius 2 is 2.05 bits per heavy atom. The number of nitrogens with one attached hydrogen (secondary N) is 1. The van der Waals surface area contributed by atoms with Crippen LogP contribution in [0.5, 0.6) is 0 Å². The zero-order chi connectivity index (χ0) is 13.7. The average Bonchev–Trinajstić information content (AvgIpc) is 2.91. The van der Waals surface area contributed by atoms with Gasteiger partial charge in [0, 0.05) is 24.8 Å². The molecule has 0 bridgehead atoms. The summed E-state index contributed by atoms with van der Waals surface area (Å²) in [7, 11) is 1.98. The van der Waals surface area contributed by atoms with Crippen molar-refractivity contribution >= 4 is 5.69 Å². The van der Waals surface area contributed by atoms with E-state index in [0.29, 0.717) is 6.04 Å². The first kappa shape index (κ1) is 14.4. The molecule has 2 N–H and O–H groups in total. The Morgan fingerprint density at radius 3 is 2.68 bits per heavy atom. The van der Waals surface area contributed by atoms with Gasteiger partial charge in [0.05, 0.1) is 6.61 Å². The second-order valence-corrected chi connectivity index (χ2v) is 5.52. The van der Waals surface area contributed by atoms with Crippen LogP contribution >= 0.6 is 0 Å². The predicted molar refractivity (Wildman–Crippen MR) is 80.6 cm³/mol. The minimum atomic E-state index is 0.226. The van der Waals surface area contributed by atoms with Gasteiger partial charge in [-0.05, 0) is 38.4 Å². The average molecular weight is 262 g/mol. The molecule has 1 aliphatic carbocycles. The van der Waals surface area contributed by atoms with E-state index in [2.05, 4.69) is 35.3 Å². The number of anilines is 1. The number of hydrogen-bond acceptors (Lipinski definition) is 3. The Labute approximate surface area is 116 Å². The highest BCUT2D eigenvalue weighted by atomic mass is 16.3. The topological polar surface area (TPSA) is 35.5 Å². The van der Waals surface area contributed by atoms with Gasteiger partial charge in [-0.2, -0.15) is 0 Å². The molecule has 0 heterocycles. The van der Waals surface area contributed by atoms with Crippen molar-refractivity contribution in [3.8, 4) is 0 Å². The van der Waals surface area contributed by atoms with Crippen LogP contribution in [0.2, 0.25) is 0 Å². The third-order valence-corrected chi connectivity index (χ3v) is 4.02. The molecule has 0 atom stereocenters. The van der Waals surface area contributed by atoms with Gasteiger partial charge in [0.15, 0.2) is 0 Å². The fourth-order valence-corrected chi connectivity index (χ4v) is 3.15. The van der Waals surface area contributed by atoms with E-state index in [0.717, 1.165) is 13.1 Å². The highest BCUT2D eigenvalue weighted by Gasteiger charge is 2.23. The highest BCUT2D eigenvalue weighted by molar-refractivity contribution is 5.56. The third kappa shape index (κ3) is 3.48. The lowest BCUT2D eigenvalue weighted by Gasteiger charge is -2.32. The molecule has 0 aromatic heterocycles. The van der Waals surface area contributed by atoms with Gasteiger partial charge < -0.3 is 15.3 Å². The molecule has 106 valence electrons. The van der Waals surface area contributed by atoms with Crippen molar-refractivity contribution in [2.45, 2.75) is 45.2 Å². The fourth-order valence-electron chi connectivity index (χ4n) is 3.15. The van der Waals surface area contributed by atoms with Crippen molar-refractivity contribution in [3.63, 3.8) is 0 Å². The smallest absolute Gasteiger partial charge is 0.0606 e. The van der Waals surface area contributed by atoms with Gasteiger partial charge in [-0.25, -0.2) is 0 Å². The van der Waals surface area contributed by atoms with E-state index >= 15 is 0 Å². The van der Waals surface area contributed by atoms with E-state index in [4.69, 9.17) is 0 Å². The summed E-state index contributed by atoms with van der Waals surface area (Å²) in [5.74, 6) is 0. The first-order valence-corrected chi connectivity index (χ1v) is 7.38. The van der Waals surface area contributed by atoms with E-state index < -0.39 is 0 Å². The molecule has 1 fully saturated rings. The van der Waals surface area contributed by atoms with Crippen LogP contribution in [-0.2, 0) is 6.54 Å². The highest BCUT2D eigenvalue weighted by Crippen LogP contribution is 2.30. The number of aryl methyl sites for hydroxylation is 1. The third-order valence-electron chi connectivity index (χ3n) is 4.02. The standard InChI is InChI=1S/C16H26N2O/c1-13-7-8-16(14(11-13)12-17-2)18(9-10-19)15-5-3-4-6-15/h7-8,11,15,17,19H,3-6,9-10,12H2,1-2H3. The normalized spacial score (nSPS) is 15.9. The summed E-state index contributed by atoms with van der Waals surface area (Å²) in [6.45, 7) is 3.98. The lowest BCUT2D eigenvalue weighted by Crippen LogP contribution is -2.36. The maximum Gasteiger partial charge on any atom is 0.0606 e. The summed E-state index contributed by atoms with van der Waals surface area (Å²) < 4.78 is 0. The van der Waals surface area contributed by atoms with Crippen molar-refractivity contribution in [1.82, 2.24) is 5.32 Å². The van der Waals surface area contributed by atoms with Gasteiger partial charge in [0.25, 0.3) is 0 Å². The Bertz CT molecular complexity index is 400. The van der Waals surface area contributed by atoms with Gasteiger partial charge in [-0.15, -0.1) is 0 Å². The molecule has 1 aromatic rings. The van der Waals surface area contributed by atoms with Crippen molar-refractivity contribution in [1.29, 1.82) is 0 Å². The first-order valence-electron chi connectivity index (χ1n) is 7.38. The maximum absolute atomic E-state index is 9.38. The summed E-state index contributed by atoms with van der Waals surface area (Å²) in [6, 6.07) is 7.25. The first-order chi connectivity index (χ1) is 9.26. The second kappa shape index (κ2) is 6.92. The van der Waals surface area contributed by atoms with Crippen LogP contribution in [-0.4, -0.2) is 31.3 Å². The van der Waals surface area contributed by atoms with E-state index in [-0.39, 0.29) is 6.61 Å². The largest absolute Gasteiger partial charge is 0.395 e. The number of rotatable bonds is 6. The number of aliphatic hydroxyl groups is 1. The quantitative estimate of drug-likeness (QED) is 0.826. The Balaban J connectivity index is 2.28. The molecule has 0 saturated heterocycles. The minimum absolute atomic E-state index is 0.226. The van der Waals surface area contributed by atoms with Crippen LogP contribution < -0.4 is 10.2 Å². The van der Waals surface area contributed by atoms with E-state index in [1.165, 1.54) is 42.5 Å². The zero-order valence-corrected chi connectivity index (χ0v) is 12.2. The van der Waals surface area contributed by atoms with Crippen molar-refractivity contribution in [3.05, 3.63) is 29.3 Å². The molecule has 1 aromatic carbocycles. The molecular formula is C16H26N2O. The molecule has 19 heavy (non-hydrogen) atoms. The van der Waals surface area contributed by atoms with Crippen LogP contribution in [0, 0.1) is 6.92 Å². The van der Waals surface area contributed by atoms with Gasteiger partial charge in [-0.1, -0.05) is 30.5 Å². The van der Waals surface area contributed by atoms with Crippen molar-refractivity contribution < 1.29 is 5.11 Å². The summed E-state index contributed by atoms with van der Waals surface area (Å²) in [4.78, 5) is 2.42. The fraction of sp³-hybridized carbons (Fsp3) is 0.625. The maximum atomic E-state index is 9.38. The molecule has 0 aliphatic heterocycles. The second-order valence-electron chi connectivity index (χ2n) is 5.52. The number of nitrogens with zero attached hydrogens (tertiary/aromatic N) is 1. The minimum Gasteiger partial charge on any atom is -0.395 e. The van der Waals surface area contributed by atoms with Crippen molar-refractivity contribution in [2.24, 2.45) is 0 Å². The monoisotopic (exact) mass is 262 g/mol. The van der Waals surface area contributed by atoms with E-state index in [1.807, 2.05) is 7.05 Å². The van der Waals surface area contributed by atoms with Gasteiger partial charge in [0.1, 0.15) is 0 Å². The molecule has 1 aliphatic rings. The number of aliphatic hydroxyl groups excluding tert-OH is 1. The van der Waals surface area contributed by atoms with Gasteiger partial charge >= 0.3 is 0 Å². The summed E-state index contributed by atoms with van der Waals surface area (Å²) in [5, 5.41) is 12.6. The molecule has 3 heteroatoms. The molecule has 0 spiro atoms. The van der Waals surface area contributed by atoms with Crippen molar-refractivity contribution in [2.75, 3.05) is 25.1 Å². The van der Waals surface area contributed by atoms with Crippen LogP contribution in [0.4, 0.5) is 5.69 Å². The van der Waals surface area contributed by atoms with Crippen LogP contribution in [0.1, 0.15) is 36.8 Å². The Morgan fingerprint density at radius 1 is 1.32 bits per heavy atom. The van der Waals surface area contributed by atoms with Gasteiger partial charge in [-0.3, -0.25) is 0 Å². The molecule has 1 saturated carbocycles. The van der Waals surface area contributed by atoms with E-state index in [1.54, 1.807) is 0 Å². The molecule has 2 rings (SSSR count). The molecule has 0 radical (unpaired) electrons.